The largest absolute Gasteiger partial charge is 0.492 e. The number of halogens is 2. The van der Waals surface area contributed by atoms with E-state index in [-0.39, 0.29) is 6.61 Å². The molecule has 0 saturated carbocycles. The Morgan fingerprint density at radius 1 is 0.771 bits per heavy atom. The molecule has 35 heavy (non-hydrogen) atoms. The first kappa shape index (κ1) is 24.8. The average molecular weight is 598 g/mol. The third-order valence-corrected chi connectivity index (χ3v) is 6.62. The third kappa shape index (κ3) is 6.61. The molecule has 0 fully saturated rings. The SMILES string of the molecule is O=C(COc1ccc2ccccc2c1Br)NNC(=O)c1ccc(OCCc2ccccc2)c(Br)c1. The number of carbonyl (C=O) groups excluding carboxylic acids is 2. The van der Waals surface area contributed by atoms with Crippen LogP contribution in [0.3, 0.4) is 0 Å². The van der Waals surface area contributed by atoms with Gasteiger partial charge >= 0.3 is 0 Å². The lowest BCUT2D eigenvalue weighted by Crippen LogP contribution is -2.43. The Morgan fingerprint density at radius 3 is 2.31 bits per heavy atom. The first-order chi connectivity index (χ1) is 17.0. The minimum absolute atomic E-state index is 0.255. The molecule has 0 heterocycles. The molecule has 0 aliphatic carbocycles. The standard InChI is InChI=1S/C27H22Br2N2O4/c28-22-16-20(11-12-23(22)34-15-14-18-6-2-1-3-7-18)27(33)31-30-25(32)17-35-24-13-10-19-8-4-5-9-21(19)26(24)29/h1-13,16H,14-15,17H2,(H,30,32)(H,31,33). The highest BCUT2D eigenvalue weighted by molar-refractivity contribution is 9.11. The lowest BCUT2D eigenvalue weighted by atomic mass is 10.1. The topological polar surface area (TPSA) is 76.7 Å². The van der Waals surface area contributed by atoms with Gasteiger partial charge in [0.2, 0.25) is 0 Å². The second-order valence-electron chi connectivity index (χ2n) is 7.62. The summed E-state index contributed by atoms with van der Waals surface area (Å²) in [7, 11) is 0. The predicted octanol–water partition coefficient (Wildman–Crippen LogP) is 5.83. The van der Waals surface area contributed by atoms with Crippen LogP contribution in [0, 0.1) is 0 Å². The summed E-state index contributed by atoms with van der Waals surface area (Å²) in [6.07, 6.45) is 0.777. The minimum Gasteiger partial charge on any atom is -0.492 e. The van der Waals surface area contributed by atoms with Crippen LogP contribution in [0.15, 0.2) is 93.9 Å². The number of hydrogen-bond acceptors (Lipinski definition) is 4. The molecule has 6 nitrogen and oxygen atoms in total. The lowest BCUT2D eigenvalue weighted by molar-refractivity contribution is -0.123. The molecule has 0 aliphatic rings. The Hall–Kier alpha value is -3.36. The summed E-state index contributed by atoms with van der Waals surface area (Å²) in [6, 6.07) is 26.6. The molecule has 8 heteroatoms. The van der Waals surface area contributed by atoms with E-state index in [9.17, 15) is 9.59 Å². The molecule has 0 aromatic heterocycles. The van der Waals surface area contributed by atoms with E-state index in [0.717, 1.165) is 21.7 Å². The summed E-state index contributed by atoms with van der Waals surface area (Å²) >= 11 is 6.96. The predicted molar refractivity (Wildman–Crippen MR) is 143 cm³/mol. The Kier molecular flexibility index (Phi) is 8.39. The van der Waals surface area contributed by atoms with Gasteiger partial charge in [0.05, 0.1) is 15.6 Å². The van der Waals surface area contributed by atoms with E-state index < -0.39 is 11.8 Å². The number of nitrogens with one attached hydrogen (secondary N) is 2. The van der Waals surface area contributed by atoms with E-state index in [1.807, 2.05) is 60.7 Å². The molecule has 0 saturated heterocycles. The van der Waals surface area contributed by atoms with Gasteiger partial charge in [0.25, 0.3) is 11.8 Å². The Labute approximate surface area is 219 Å². The molecular formula is C27H22Br2N2O4. The molecule has 0 aliphatic heterocycles. The highest BCUT2D eigenvalue weighted by Crippen LogP contribution is 2.33. The molecule has 178 valence electrons. The van der Waals surface area contributed by atoms with Crippen molar-refractivity contribution in [2.75, 3.05) is 13.2 Å². The van der Waals surface area contributed by atoms with Gasteiger partial charge in [-0.2, -0.15) is 0 Å². The molecule has 0 atom stereocenters. The number of hydrogen-bond donors (Lipinski definition) is 2. The van der Waals surface area contributed by atoms with Crippen molar-refractivity contribution in [2.45, 2.75) is 6.42 Å². The van der Waals surface area contributed by atoms with Crippen LogP contribution in [-0.4, -0.2) is 25.0 Å². The summed E-state index contributed by atoms with van der Waals surface area (Å²) in [5.41, 5.74) is 6.32. The Bertz CT molecular complexity index is 1350. The number of fused-ring (bicyclic) bond motifs is 1. The molecule has 4 aromatic rings. The zero-order chi connectivity index (χ0) is 24.6. The van der Waals surface area contributed by atoms with Gasteiger partial charge in [0.15, 0.2) is 6.61 Å². The summed E-state index contributed by atoms with van der Waals surface area (Å²) in [5, 5.41) is 2.04. The van der Waals surface area contributed by atoms with Gasteiger partial charge in [-0.25, -0.2) is 0 Å². The second-order valence-corrected chi connectivity index (χ2v) is 9.27. The number of hydrazine groups is 1. The summed E-state index contributed by atoms with van der Waals surface area (Å²) < 4.78 is 12.8. The van der Waals surface area contributed by atoms with Crippen molar-refractivity contribution in [3.8, 4) is 11.5 Å². The molecule has 0 bridgehead atoms. The van der Waals surface area contributed by atoms with Crippen LogP contribution < -0.4 is 20.3 Å². The van der Waals surface area contributed by atoms with Crippen LogP contribution in [0.1, 0.15) is 15.9 Å². The van der Waals surface area contributed by atoms with Gasteiger partial charge in [-0.1, -0.05) is 60.7 Å². The first-order valence-corrected chi connectivity index (χ1v) is 12.5. The first-order valence-electron chi connectivity index (χ1n) is 10.9. The van der Waals surface area contributed by atoms with Crippen LogP contribution in [0.2, 0.25) is 0 Å². The van der Waals surface area contributed by atoms with E-state index >= 15 is 0 Å². The maximum atomic E-state index is 12.5. The van der Waals surface area contributed by atoms with Gasteiger partial charge in [-0.3, -0.25) is 20.4 Å². The number of ether oxygens (including phenoxy) is 2. The number of benzene rings is 4. The monoisotopic (exact) mass is 596 g/mol. The van der Waals surface area contributed by atoms with Crippen molar-refractivity contribution in [3.05, 3.63) is 105 Å². The lowest BCUT2D eigenvalue weighted by Gasteiger charge is -2.12. The fraction of sp³-hybridized carbons (Fsp3) is 0.111. The van der Waals surface area contributed by atoms with Crippen molar-refractivity contribution in [1.29, 1.82) is 0 Å². The van der Waals surface area contributed by atoms with Crippen molar-refractivity contribution in [2.24, 2.45) is 0 Å². The van der Waals surface area contributed by atoms with Crippen LogP contribution in [0.4, 0.5) is 0 Å². The second kappa shape index (κ2) is 11.9. The molecule has 4 aromatic carbocycles. The molecule has 2 N–H and O–H groups in total. The summed E-state index contributed by atoms with van der Waals surface area (Å²) in [4.78, 5) is 24.6. The maximum Gasteiger partial charge on any atom is 0.276 e. The fourth-order valence-electron chi connectivity index (χ4n) is 3.39. The fourth-order valence-corrected chi connectivity index (χ4v) is 4.49. The third-order valence-electron chi connectivity index (χ3n) is 5.19. The molecule has 0 spiro atoms. The van der Waals surface area contributed by atoms with Crippen molar-refractivity contribution >= 4 is 54.4 Å². The quantitative estimate of drug-likeness (QED) is 0.251. The van der Waals surface area contributed by atoms with E-state index in [4.69, 9.17) is 9.47 Å². The van der Waals surface area contributed by atoms with Crippen LogP contribution in [-0.2, 0) is 11.2 Å². The van der Waals surface area contributed by atoms with Gasteiger partial charge in [-0.15, -0.1) is 0 Å². The molecule has 4 rings (SSSR count). The smallest absolute Gasteiger partial charge is 0.276 e. The van der Waals surface area contributed by atoms with Gasteiger partial charge in [0.1, 0.15) is 11.5 Å². The molecular weight excluding hydrogens is 576 g/mol. The van der Waals surface area contributed by atoms with Crippen LogP contribution >= 0.6 is 31.9 Å². The van der Waals surface area contributed by atoms with Crippen molar-refractivity contribution in [1.82, 2.24) is 10.9 Å². The summed E-state index contributed by atoms with van der Waals surface area (Å²) in [6.45, 7) is 0.257. The number of amides is 2. The van der Waals surface area contributed by atoms with Crippen molar-refractivity contribution < 1.29 is 19.1 Å². The van der Waals surface area contributed by atoms with E-state index in [1.165, 1.54) is 5.56 Å². The molecule has 0 radical (unpaired) electrons. The molecule has 2 amide bonds. The minimum atomic E-state index is -0.488. The van der Waals surface area contributed by atoms with Crippen LogP contribution in [0.5, 0.6) is 11.5 Å². The zero-order valence-electron chi connectivity index (χ0n) is 18.6. The summed E-state index contributed by atoms with van der Waals surface area (Å²) in [5.74, 6) is 0.230. The van der Waals surface area contributed by atoms with E-state index in [1.54, 1.807) is 24.3 Å². The maximum absolute atomic E-state index is 12.5. The Morgan fingerprint density at radius 2 is 1.51 bits per heavy atom. The van der Waals surface area contributed by atoms with Crippen LogP contribution in [0.25, 0.3) is 10.8 Å². The van der Waals surface area contributed by atoms with Gasteiger partial charge < -0.3 is 9.47 Å². The number of carbonyl (C=O) groups is 2. The molecule has 0 unspecified atom stereocenters. The number of rotatable bonds is 8. The van der Waals surface area contributed by atoms with E-state index in [2.05, 4.69) is 42.7 Å². The highest BCUT2D eigenvalue weighted by atomic mass is 79.9. The highest BCUT2D eigenvalue weighted by Gasteiger charge is 2.12. The average Bonchev–Trinajstić information content (AvgIpc) is 2.88. The normalized spacial score (nSPS) is 10.6. The Balaban J connectivity index is 1.25. The van der Waals surface area contributed by atoms with Crippen molar-refractivity contribution in [3.63, 3.8) is 0 Å². The van der Waals surface area contributed by atoms with Gasteiger partial charge in [0, 0.05) is 12.0 Å². The van der Waals surface area contributed by atoms with Gasteiger partial charge in [-0.05, 0) is 72.5 Å². The zero-order valence-corrected chi connectivity index (χ0v) is 21.8. The van der Waals surface area contributed by atoms with E-state index in [0.29, 0.717) is 28.1 Å².